The first-order valence-corrected chi connectivity index (χ1v) is 4.56. The summed E-state index contributed by atoms with van der Waals surface area (Å²) in [6.45, 7) is 4.40. The largest absolute Gasteiger partial charge is 0.430 e. The van der Waals surface area contributed by atoms with Gasteiger partial charge in [-0.25, -0.2) is 8.78 Å². The topological polar surface area (TPSA) is 38.4 Å². The molecule has 0 amide bonds. The van der Waals surface area contributed by atoms with Gasteiger partial charge in [0.15, 0.2) is 0 Å². The van der Waals surface area contributed by atoms with Crippen LogP contribution >= 0.6 is 0 Å². The van der Waals surface area contributed by atoms with Crippen LogP contribution in [0.25, 0.3) is 0 Å². The minimum Gasteiger partial charge on any atom is -0.395 e. The van der Waals surface area contributed by atoms with E-state index in [2.05, 4.69) is 11.6 Å². The molecule has 0 aliphatic rings. The predicted octanol–water partition coefficient (Wildman–Crippen LogP) is 3.06. The molecule has 0 heterocycles. The molecule has 0 unspecified atom stereocenters. The van der Waals surface area contributed by atoms with Crippen LogP contribution in [0.3, 0.4) is 0 Å². The average molecular weight is 256 g/mol. The van der Waals surface area contributed by atoms with E-state index >= 15 is 0 Å². The Labute approximate surface area is 95.7 Å². The number of alkyl halides is 5. The van der Waals surface area contributed by atoms with Crippen molar-refractivity contribution in [3.05, 3.63) is 23.9 Å². The highest BCUT2D eigenvalue weighted by molar-refractivity contribution is 6.08. The third-order valence-electron chi connectivity index (χ3n) is 1.58. The van der Waals surface area contributed by atoms with Gasteiger partial charge in [0.25, 0.3) is 5.92 Å². The van der Waals surface area contributed by atoms with Crippen LogP contribution in [0.2, 0.25) is 0 Å². The summed E-state index contributed by atoms with van der Waals surface area (Å²) in [5.41, 5.74) is 3.19. The van der Waals surface area contributed by atoms with Gasteiger partial charge in [0, 0.05) is 6.92 Å². The molecule has 0 rings (SSSR count). The molecule has 0 radical (unpaired) electrons. The van der Waals surface area contributed by atoms with Crippen LogP contribution in [0.5, 0.6) is 0 Å². The second-order valence-electron chi connectivity index (χ2n) is 3.65. The van der Waals surface area contributed by atoms with Crippen molar-refractivity contribution in [1.82, 2.24) is 0 Å². The van der Waals surface area contributed by atoms with Crippen molar-refractivity contribution in [1.29, 1.82) is 0 Å². The van der Waals surface area contributed by atoms with E-state index in [0.717, 1.165) is 0 Å². The first-order chi connectivity index (χ1) is 7.43. The summed E-state index contributed by atoms with van der Waals surface area (Å²) in [6.07, 6.45) is -4.22. The third-order valence-corrected chi connectivity index (χ3v) is 1.58. The number of allylic oxidation sites excluding steroid dienone is 3. The van der Waals surface area contributed by atoms with Gasteiger partial charge in [-0.05, 0) is 18.6 Å². The SMILES string of the molecule is C=C(C)C(C=C(N)C(F)(F)F)=NCC(C)(F)F. The Kier molecular flexibility index (Phi) is 4.85. The van der Waals surface area contributed by atoms with E-state index < -0.39 is 24.3 Å². The lowest BCUT2D eigenvalue weighted by Gasteiger charge is -2.10. The van der Waals surface area contributed by atoms with Gasteiger partial charge in [-0.1, -0.05) is 6.58 Å². The maximum absolute atomic E-state index is 12.5. The zero-order valence-electron chi connectivity index (χ0n) is 9.41. The molecule has 0 aromatic rings. The number of halogens is 5. The summed E-state index contributed by atoms with van der Waals surface area (Å²) in [4.78, 5) is 3.36. The van der Waals surface area contributed by atoms with Crippen molar-refractivity contribution >= 4 is 5.71 Å². The Balaban J connectivity index is 5.09. The van der Waals surface area contributed by atoms with Gasteiger partial charge in [-0.3, -0.25) is 4.99 Å². The normalized spacial score (nSPS) is 15.0. The van der Waals surface area contributed by atoms with Gasteiger partial charge < -0.3 is 5.73 Å². The third kappa shape index (κ3) is 6.70. The molecule has 7 heteroatoms. The monoisotopic (exact) mass is 256 g/mol. The number of hydrogen-bond acceptors (Lipinski definition) is 2. The molecule has 0 aliphatic carbocycles. The zero-order valence-corrected chi connectivity index (χ0v) is 9.41. The standard InChI is InChI=1S/C10H13F5N2/c1-6(2)7(17-5-9(3,11)12)4-8(16)10(13,14)15/h4H,1,5,16H2,2-3H3. The van der Waals surface area contributed by atoms with Gasteiger partial charge in [-0.2, -0.15) is 13.2 Å². The Morgan fingerprint density at radius 1 is 1.29 bits per heavy atom. The van der Waals surface area contributed by atoms with Crippen LogP contribution in [0, 0.1) is 0 Å². The Morgan fingerprint density at radius 2 is 1.76 bits per heavy atom. The van der Waals surface area contributed by atoms with Gasteiger partial charge in [0.1, 0.15) is 12.2 Å². The molecule has 0 bridgehead atoms. The number of rotatable bonds is 4. The first kappa shape index (κ1) is 15.6. The number of nitrogens with zero attached hydrogens (tertiary/aromatic N) is 1. The summed E-state index contributed by atoms with van der Waals surface area (Å²) >= 11 is 0. The molecule has 98 valence electrons. The van der Waals surface area contributed by atoms with Crippen LogP contribution in [-0.4, -0.2) is 24.4 Å². The smallest absolute Gasteiger partial charge is 0.395 e. The molecule has 0 aromatic carbocycles. The lowest BCUT2D eigenvalue weighted by Crippen LogP contribution is -2.21. The van der Waals surface area contributed by atoms with E-state index in [4.69, 9.17) is 5.73 Å². The summed E-state index contributed by atoms with van der Waals surface area (Å²) in [7, 11) is 0. The van der Waals surface area contributed by atoms with Gasteiger partial charge in [0.05, 0.1) is 5.71 Å². The maximum atomic E-state index is 12.5. The molecular weight excluding hydrogens is 243 g/mol. The molecule has 0 aromatic heterocycles. The number of nitrogens with two attached hydrogens (primary N) is 1. The molecule has 0 fully saturated rings. The molecule has 0 spiro atoms. The summed E-state index contributed by atoms with van der Waals surface area (Å²) < 4.78 is 61.4. The van der Waals surface area contributed by atoms with Crippen molar-refractivity contribution in [2.45, 2.75) is 25.9 Å². The van der Waals surface area contributed by atoms with E-state index in [0.29, 0.717) is 13.0 Å². The fraction of sp³-hybridized carbons (Fsp3) is 0.500. The molecule has 0 atom stereocenters. The van der Waals surface area contributed by atoms with Crippen molar-refractivity contribution in [3.8, 4) is 0 Å². The van der Waals surface area contributed by atoms with E-state index in [1.54, 1.807) is 0 Å². The van der Waals surface area contributed by atoms with Gasteiger partial charge in [0.2, 0.25) is 0 Å². The number of aliphatic imine (C=N–C) groups is 1. The highest BCUT2D eigenvalue weighted by atomic mass is 19.4. The molecule has 0 saturated heterocycles. The Morgan fingerprint density at radius 3 is 2.06 bits per heavy atom. The second-order valence-corrected chi connectivity index (χ2v) is 3.65. The molecular formula is C10H13F5N2. The van der Waals surface area contributed by atoms with Crippen LogP contribution in [0.15, 0.2) is 28.9 Å². The van der Waals surface area contributed by atoms with E-state index in [1.165, 1.54) is 6.92 Å². The Bertz CT molecular complexity index is 347. The summed E-state index contributed by atoms with van der Waals surface area (Å²) in [6, 6.07) is 0. The molecule has 0 aliphatic heterocycles. The lowest BCUT2D eigenvalue weighted by atomic mass is 10.1. The second kappa shape index (κ2) is 5.29. The molecule has 2 N–H and O–H groups in total. The van der Waals surface area contributed by atoms with Crippen LogP contribution in [0.4, 0.5) is 22.0 Å². The molecule has 2 nitrogen and oxygen atoms in total. The highest BCUT2D eigenvalue weighted by Crippen LogP contribution is 2.22. The summed E-state index contributed by atoms with van der Waals surface area (Å²) in [5.74, 6) is -3.10. The fourth-order valence-corrected chi connectivity index (χ4v) is 0.757. The fourth-order valence-electron chi connectivity index (χ4n) is 0.757. The van der Waals surface area contributed by atoms with Gasteiger partial charge in [-0.15, -0.1) is 0 Å². The minimum atomic E-state index is -4.72. The summed E-state index contributed by atoms with van der Waals surface area (Å²) in [5, 5.41) is 0. The quantitative estimate of drug-likeness (QED) is 0.609. The van der Waals surface area contributed by atoms with E-state index in [1.807, 2.05) is 0 Å². The van der Waals surface area contributed by atoms with Crippen molar-refractivity contribution < 1.29 is 22.0 Å². The lowest BCUT2D eigenvalue weighted by molar-refractivity contribution is -0.0925. The minimum absolute atomic E-state index is 0.126. The zero-order chi connectivity index (χ0) is 13.9. The van der Waals surface area contributed by atoms with Crippen molar-refractivity contribution in [3.63, 3.8) is 0 Å². The predicted molar refractivity (Wildman–Crippen MR) is 56.1 cm³/mol. The number of hydrogen-bond donors (Lipinski definition) is 1. The van der Waals surface area contributed by atoms with Gasteiger partial charge >= 0.3 is 6.18 Å². The Hall–Kier alpha value is -1.40. The van der Waals surface area contributed by atoms with E-state index in [-0.39, 0.29) is 11.3 Å². The van der Waals surface area contributed by atoms with E-state index in [9.17, 15) is 22.0 Å². The average Bonchev–Trinajstić information content (AvgIpc) is 2.07. The van der Waals surface area contributed by atoms with Crippen LogP contribution in [0.1, 0.15) is 13.8 Å². The van der Waals surface area contributed by atoms with Crippen LogP contribution in [-0.2, 0) is 0 Å². The van der Waals surface area contributed by atoms with Crippen molar-refractivity contribution in [2.75, 3.05) is 6.54 Å². The van der Waals surface area contributed by atoms with Crippen LogP contribution < -0.4 is 5.73 Å². The molecule has 0 saturated carbocycles. The van der Waals surface area contributed by atoms with Crippen molar-refractivity contribution in [2.24, 2.45) is 10.7 Å². The maximum Gasteiger partial charge on any atom is 0.430 e. The first-order valence-electron chi connectivity index (χ1n) is 4.56. The molecule has 17 heavy (non-hydrogen) atoms. The highest BCUT2D eigenvalue weighted by Gasteiger charge is 2.31.